The zero-order valence-electron chi connectivity index (χ0n) is 20.0. The summed E-state index contributed by atoms with van der Waals surface area (Å²) in [6, 6.07) is 9.46. The molecule has 0 atom stereocenters. The normalized spacial score (nSPS) is 10.8. The molecule has 0 spiro atoms. The second-order valence-corrected chi connectivity index (χ2v) is 8.32. The molecule has 180 valence electrons. The number of aryl methyl sites for hydroxylation is 1. The molecule has 0 radical (unpaired) electrons. The minimum atomic E-state index is -0.159. The highest BCUT2D eigenvalue weighted by molar-refractivity contribution is 7.22. The molecule has 0 N–H and O–H groups in total. The highest BCUT2D eigenvalue weighted by Gasteiger charge is 2.25. The second-order valence-electron chi connectivity index (χ2n) is 7.32. The Morgan fingerprint density at radius 2 is 1.64 bits per heavy atom. The van der Waals surface area contributed by atoms with Crippen molar-refractivity contribution in [3.05, 3.63) is 41.5 Å². The molecule has 33 heavy (non-hydrogen) atoms. The Hall–Kier alpha value is -2.55. The predicted molar refractivity (Wildman–Crippen MR) is 137 cm³/mol. The number of halogens is 1. The van der Waals surface area contributed by atoms with Crippen LogP contribution in [0.2, 0.25) is 0 Å². The maximum absolute atomic E-state index is 13.8. The summed E-state index contributed by atoms with van der Waals surface area (Å²) >= 11 is 1.53. The van der Waals surface area contributed by atoms with E-state index in [1.807, 2.05) is 25.1 Å². The summed E-state index contributed by atoms with van der Waals surface area (Å²) in [5, 5.41) is 0.681. The van der Waals surface area contributed by atoms with Gasteiger partial charge in [-0.05, 0) is 43.8 Å². The fraction of sp³-hybridized carbons (Fsp3) is 0.417. The van der Waals surface area contributed by atoms with Gasteiger partial charge in [0, 0.05) is 18.7 Å². The molecule has 0 aliphatic rings. The number of likely N-dealkylation sites (N-methyl/N-ethyl adjacent to an activating group) is 1. The highest BCUT2D eigenvalue weighted by Crippen LogP contribution is 2.39. The van der Waals surface area contributed by atoms with Gasteiger partial charge in [0.15, 0.2) is 16.6 Å². The number of rotatable bonds is 10. The minimum absolute atomic E-state index is 0. The SMILES string of the molecule is CCN(CC)CCN(C(=O)c1cc(OC)c(OC)c(OC)c1)c1nc2c(C)cccc2s1.Cl. The van der Waals surface area contributed by atoms with E-state index >= 15 is 0 Å². The number of para-hydroxylation sites is 1. The summed E-state index contributed by atoms with van der Waals surface area (Å²) in [7, 11) is 4.63. The van der Waals surface area contributed by atoms with E-state index in [0.29, 0.717) is 34.5 Å². The number of anilines is 1. The number of thiazole rings is 1. The van der Waals surface area contributed by atoms with Gasteiger partial charge in [0.05, 0.1) is 31.5 Å². The van der Waals surface area contributed by atoms with Crippen molar-refractivity contribution in [2.45, 2.75) is 20.8 Å². The van der Waals surface area contributed by atoms with Crippen molar-refractivity contribution in [1.29, 1.82) is 0 Å². The smallest absolute Gasteiger partial charge is 0.260 e. The summed E-state index contributed by atoms with van der Waals surface area (Å²) in [6.45, 7) is 9.39. The van der Waals surface area contributed by atoms with Crippen LogP contribution in [0.3, 0.4) is 0 Å². The Morgan fingerprint density at radius 1 is 1.00 bits per heavy atom. The van der Waals surface area contributed by atoms with Gasteiger partial charge in [-0.1, -0.05) is 37.3 Å². The van der Waals surface area contributed by atoms with Gasteiger partial charge in [-0.3, -0.25) is 9.69 Å². The van der Waals surface area contributed by atoms with Crippen LogP contribution in [0.1, 0.15) is 29.8 Å². The van der Waals surface area contributed by atoms with E-state index < -0.39 is 0 Å². The summed E-state index contributed by atoms with van der Waals surface area (Å²) in [5.74, 6) is 1.18. The first-order valence-corrected chi connectivity index (χ1v) is 11.5. The number of fused-ring (bicyclic) bond motifs is 1. The highest BCUT2D eigenvalue weighted by atomic mass is 35.5. The van der Waals surface area contributed by atoms with Crippen molar-refractivity contribution in [2.75, 3.05) is 52.4 Å². The standard InChI is InChI=1S/C24H31N3O4S.ClH/c1-7-26(8-2)12-13-27(24-25-21-16(3)10-9-11-20(21)32-24)23(28)17-14-18(29-4)22(31-6)19(15-17)30-5;/h9-11,14-15H,7-8,12-13H2,1-6H3;1H. The van der Waals surface area contributed by atoms with Crippen molar-refractivity contribution in [3.63, 3.8) is 0 Å². The summed E-state index contributed by atoms with van der Waals surface area (Å²) in [4.78, 5) is 22.6. The summed E-state index contributed by atoms with van der Waals surface area (Å²) in [6.07, 6.45) is 0. The van der Waals surface area contributed by atoms with E-state index in [1.54, 1.807) is 38.4 Å². The number of carbonyl (C=O) groups excluding carboxylic acids is 1. The van der Waals surface area contributed by atoms with Crippen LogP contribution in [0.4, 0.5) is 5.13 Å². The van der Waals surface area contributed by atoms with Gasteiger partial charge in [0.1, 0.15) is 0 Å². The molecular formula is C24H32ClN3O4S. The number of aromatic nitrogens is 1. The van der Waals surface area contributed by atoms with Crippen molar-refractivity contribution in [2.24, 2.45) is 0 Å². The Bertz CT molecular complexity index is 1060. The number of ether oxygens (including phenoxy) is 3. The Labute approximate surface area is 205 Å². The summed E-state index contributed by atoms with van der Waals surface area (Å²) < 4.78 is 17.4. The van der Waals surface area contributed by atoms with E-state index in [1.165, 1.54) is 11.3 Å². The minimum Gasteiger partial charge on any atom is -0.493 e. The van der Waals surface area contributed by atoms with E-state index in [9.17, 15) is 4.79 Å². The van der Waals surface area contributed by atoms with E-state index in [2.05, 4.69) is 18.7 Å². The number of nitrogens with zero attached hydrogens (tertiary/aromatic N) is 3. The van der Waals surface area contributed by atoms with Crippen LogP contribution in [0.25, 0.3) is 10.2 Å². The zero-order valence-corrected chi connectivity index (χ0v) is 21.6. The Balaban J connectivity index is 0.00000385. The zero-order chi connectivity index (χ0) is 23.3. The van der Waals surface area contributed by atoms with Gasteiger partial charge in [-0.15, -0.1) is 12.4 Å². The number of hydrogen-bond acceptors (Lipinski definition) is 7. The molecule has 0 unspecified atom stereocenters. The fourth-order valence-corrected chi connectivity index (χ4v) is 4.68. The number of amides is 1. The lowest BCUT2D eigenvalue weighted by atomic mass is 10.1. The molecule has 0 aliphatic heterocycles. The third-order valence-corrected chi connectivity index (χ3v) is 6.58. The van der Waals surface area contributed by atoms with Crippen molar-refractivity contribution in [3.8, 4) is 17.2 Å². The number of benzene rings is 2. The fourth-order valence-electron chi connectivity index (χ4n) is 3.62. The third-order valence-electron chi connectivity index (χ3n) is 5.53. The molecule has 0 saturated heterocycles. The average Bonchev–Trinajstić information content (AvgIpc) is 3.25. The lowest BCUT2D eigenvalue weighted by molar-refractivity contribution is 0.0983. The quantitative estimate of drug-likeness (QED) is 0.394. The molecule has 7 nitrogen and oxygen atoms in total. The molecular weight excluding hydrogens is 462 g/mol. The van der Waals surface area contributed by atoms with Crippen molar-refractivity contribution in [1.82, 2.24) is 9.88 Å². The van der Waals surface area contributed by atoms with Crippen LogP contribution in [-0.4, -0.2) is 63.3 Å². The predicted octanol–water partition coefficient (Wildman–Crippen LogP) is 5.04. The van der Waals surface area contributed by atoms with E-state index in [4.69, 9.17) is 19.2 Å². The Morgan fingerprint density at radius 3 is 2.15 bits per heavy atom. The van der Waals surface area contributed by atoms with Crippen LogP contribution in [0.5, 0.6) is 17.2 Å². The van der Waals surface area contributed by atoms with Gasteiger partial charge >= 0.3 is 0 Å². The maximum Gasteiger partial charge on any atom is 0.260 e. The van der Waals surface area contributed by atoms with Crippen LogP contribution < -0.4 is 19.1 Å². The molecule has 0 aliphatic carbocycles. The number of methoxy groups -OCH3 is 3. The van der Waals surface area contributed by atoms with Crippen LogP contribution in [-0.2, 0) is 0 Å². The molecule has 0 saturated carbocycles. The van der Waals surface area contributed by atoms with Gasteiger partial charge in [-0.25, -0.2) is 4.98 Å². The van der Waals surface area contributed by atoms with E-state index in [-0.39, 0.29) is 18.3 Å². The second kappa shape index (κ2) is 12.1. The first kappa shape index (κ1) is 26.7. The van der Waals surface area contributed by atoms with Crippen LogP contribution in [0.15, 0.2) is 30.3 Å². The molecule has 0 fully saturated rings. The molecule has 3 rings (SSSR count). The first-order valence-electron chi connectivity index (χ1n) is 10.7. The summed E-state index contributed by atoms with van der Waals surface area (Å²) in [5.41, 5.74) is 2.47. The molecule has 1 heterocycles. The van der Waals surface area contributed by atoms with Crippen molar-refractivity contribution >= 4 is 45.0 Å². The van der Waals surface area contributed by atoms with Gasteiger partial charge < -0.3 is 19.1 Å². The lowest BCUT2D eigenvalue weighted by Gasteiger charge is -2.25. The average molecular weight is 494 g/mol. The molecule has 2 aromatic carbocycles. The van der Waals surface area contributed by atoms with Crippen LogP contribution >= 0.6 is 23.7 Å². The first-order chi connectivity index (χ1) is 15.5. The third kappa shape index (κ3) is 5.69. The topological polar surface area (TPSA) is 64.1 Å². The maximum atomic E-state index is 13.8. The number of hydrogen-bond donors (Lipinski definition) is 0. The molecule has 0 bridgehead atoms. The van der Waals surface area contributed by atoms with Crippen LogP contribution in [0, 0.1) is 6.92 Å². The number of carbonyl (C=O) groups is 1. The molecule has 3 aromatic rings. The lowest BCUT2D eigenvalue weighted by Crippen LogP contribution is -2.38. The van der Waals surface area contributed by atoms with Gasteiger partial charge in [0.25, 0.3) is 5.91 Å². The molecule has 9 heteroatoms. The van der Waals surface area contributed by atoms with Gasteiger partial charge in [-0.2, -0.15) is 0 Å². The monoisotopic (exact) mass is 493 g/mol. The van der Waals surface area contributed by atoms with E-state index in [0.717, 1.165) is 35.4 Å². The largest absolute Gasteiger partial charge is 0.493 e. The van der Waals surface area contributed by atoms with Crippen molar-refractivity contribution < 1.29 is 19.0 Å². The molecule has 1 amide bonds. The molecule has 1 aromatic heterocycles. The van der Waals surface area contributed by atoms with Gasteiger partial charge in [0.2, 0.25) is 5.75 Å². The Kier molecular flexibility index (Phi) is 9.76.